The molecule has 3 aromatic rings. The lowest BCUT2D eigenvalue weighted by atomic mass is 10.1. The molecule has 2 heterocycles. The maximum Gasteiger partial charge on any atom is 0.337 e. The Bertz CT molecular complexity index is 1160. The first-order chi connectivity index (χ1) is 14.9. The van der Waals surface area contributed by atoms with E-state index in [0.717, 1.165) is 42.0 Å². The van der Waals surface area contributed by atoms with Gasteiger partial charge in [-0.2, -0.15) is 0 Å². The average Bonchev–Trinajstić information content (AvgIpc) is 3.09. The molecule has 1 amide bonds. The number of thiophene rings is 1. The molecule has 1 N–H and O–H groups in total. The number of ether oxygens (including phenoxy) is 1. The molecule has 0 atom stereocenters. The Hall–Kier alpha value is -2.32. The van der Waals surface area contributed by atoms with E-state index in [1.54, 1.807) is 30.3 Å². The van der Waals surface area contributed by atoms with Gasteiger partial charge < -0.3 is 19.9 Å². The molecule has 1 aliphatic heterocycles. The number of nitrogens with one attached hydrogen (secondary N) is 1. The molecule has 1 saturated heterocycles. The lowest BCUT2D eigenvalue weighted by Crippen LogP contribution is -2.44. The van der Waals surface area contributed by atoms with Crippen molar-refractivity contribution in [1.29, 1.82) is 0 Å². The molecule has 2 aromatic carbocycles. The molecule has 0 saturated carbocycles. The molecular weight excluding hydrogens is 457 g/mol. The molecule has 162 valence electrons. The van der Waals surface area contributed by atoms with Crippen molar-refractivity contribution >= 4 is 67.9 Å². The topological polar surface area (TPSA) is 61.9 Å². The summed E-state index contributed by atoms with van der Waals surface area (Å²) in [4.78, 5) is 30.1. The number of esters is 1. The van der Waals surface area contributed by atoms with Gasteiger partial charge in [-0.15, -0.1) is 11.3 Å². The average molecular weight is 478 g/mol. The number of piperazine rings is 1. The van der Waals surface area contributed by atoms with E-state index >= 15 is 0 Å². The van der Waals surface area contributed by atoms with Crippen molar-refractivity contribution in [3.63, 3.8) is 0 Å². The fraction of sp³-hybridized carbons (Fsp3) is 0.273. The van der Waals surface area contributed by atoms with Crippen molar-refractivity contribution < 1.29 is 14.3 Å². The first-order valence-corrected chi connectivity index (χ1v) is 11.3. The fourth-order valence-electron chi connectivity index (χ4n) is 3.57. The summed E-state index contributed by atoms with van der Waals surface area (Å²) in [7, 11) is 3.41. The lowest BCUT2D eigenvalue weighted by molar-refractivity contribution is 0.0600. The predicted octanol–water partition coefficient (Wildman–Crippen LogP) is 5.00. The van der Waals surface area contributed by atoms with Crippen LogP contribution < -0.4 is 10.2 Å². The van der Waals surface area contributed by atoms with Gasteiger partial charge in [-0.05, 0) is 37.4 Å². The van der Waals surface area contributed by atoms with E-state index in [-0.39, 0.29) is 5.91 Å². The zero-order valence-electron chi connectivity index (χ0n) is 17.1. The van der Waals surface area contributed by atoms with Crippen molar-refractivity contribution in [1.82, 2.24) is 4.90 Å². The number of carbonyl (C=O) groups is 2. The number of hydrogen-bond donors (Lipinski definition) is 1. The number of anilines is 2. The SMILES string of the molecule is COC(=O)c1ccc(N2CCN(C)CC2)c(NC(=O)c2sc3cc(Cl)ccc3c2Cl)c1. The molecule has 0 spiro atoms. The summed E-state index contributed by atoms with van der Waals surface area (Å²) in [5.74, 6) is -0.797. The molecule has 0 radical (unpaired) electrons. The van der Waals surface area contributed by atoms with Crippen molar-refractivity contribution in [2.24, 2.45) is 0 Å². The Morgan fingerprint density at radius 2 is 1.81 bits per heavy atom. The van der Waals surface area contributed by atoms with Gasteiger partial charge in [0.25, 0.3) is 5.91 Å². The third kappa shape index (κ3) is 4.50. The number of benzene rings is 2. The zero-order chi connectivity index (χ0) is 22.1. The molecule has 1 aromatic heterocycles. The third-order valence-electron chi connectivity index (χ3n) is 5.31. The monoisotopic (exact) mass is 477 g/mol. The molecule has 0 unspecified atom stereocenters. The van der Waals surface area contributed by atoms with Gasteiger partial charge in [-0.3, -0.25) is 4.79 Å². The van der Waals surface area contributed by atoms with Crippen molar-refractivity contribution in [3.05, 3.63) is 56.9 Å². The van der Waals surface area contributed by atoms with E-state index in [2.05, 4.69) is 22.2 Å². The van der Waals surface area contributed by atoms with Gasteiger partial charge in [0.15, 0.2) is 0 Å². The van der Waals surface area contributed by atoms with Crippen molar-refractivity contribution in [3.8, 4) is 0 Å². The minimum atomic E-state index is -0.463. The van der Waals surface area contributed by atoms with Crippen LogP contribution in [0.2, 0.25) is 10.0 Å². The van der Waals surface area contributed by atoms with E-state index in [9.17, 15) is 9.59 Å². The van der Waals surface area contributed by atoms with E-state index in [1.165, 1.54) is 18.4 Å². The van der Waals surface area contributed by atoms with E-state index < -0.39 is 5.97 Å². The second kappa shape index (κ2) is 9.04. The molecule has 0 aliphatic carbocycles. The fourth-order valence-corrected chi connectivity index (χ4v) is 5.26. The molecule has 4 rings (SSSR count). The molecule has 31 heavy (non-hydrogen) atoms. The highest BCUT2D eigenvalue weighted by molar-refractivity contribution is 7.21. The minimum absolute atomic E-state index is 0.334. The molecule has 1 aliphatic rings. The van der Waals surface area contributed by atoms with Gasteiger partial charge in [0, 0.05) is 41.3 Å². The normalized spacial score (nSPS) is 14.6. The van der Waals surface area contributed by atoms with Crippen LogP contribution in [0.3, 0.4) is 0 Å². The number of hydrogen-bond acceptors (Lipinski definition) is 6. The van der Waals surface area contributed by atoms with Crippen LogP contribution in [0.15, 0.2) is 36.4 Å². The van der Waals surface area contributed by atoms with Gasteiger partial charge in [0.2, 0.25) is 0 Å². The third-order valence-corrected chi connectivity index (χ3v) is 7.20. The lowest BCUT2D eigenvalue weighted by Gasteiger charge is -2.35. The number of likely N-dealkylation sites (N-methyl/N-ethyl adjacent to an activating group) is 1. The number of fused-ring (bicyclic) bond motifs is 1. The van der Waals surface area contributed by atoms with Gasteiger partial charge in [-0.25, -0.2) is 4.79 Å². The summed E-state index contributed by atoms with van der Waals surface area (Å²) in [6.07, 6.45) is 0. The van der Waals surface area contributed by atoms with Gasteiger partial charge >= 0.3 is 5.97 Å². The van der Waals surface area contributed by atoms with Crippen LogP contribution in [0.1, 0.15) is 20.0 Å². The Labute approximate surface area is 194 Å². The van der Waals surface area contributed by atoms with Crippen molar-refractivity contribution in [2.45, 2.75) is 0 Å². The van der Waals surface area contributed by atoms with Crippen LogP contribution in [0, 0.1) is 0 Å². The van der Waals surface area contributed by atoms with Gasteiger partial charge in [-0.1, -0.05) is 29.3 Å². The first kappa shape index (κ1) is 21.9. The summed E-state index contributed by atoms with van der Waals surface area (Å²) in [5.41, 5.74) is 1.77. The number of rotatable bonds is 4. The quantitative estimate of drug-likeness (QED) is 0.535. The Morgan fingerprint density at radius 1 is 1.06 bits per heavy atom. The van der Waals surface area contributed by atoms with Crippen LogP contribution in [-0.4, -0.2) is 57.1 Å². The number of amides is 1. The van der Waals surface area contributed by atoms with Gasteiger partial charge in [0.1, 0.15) is 4.88 Å². The highest BCUT2D eigenvalue weighted by Crippen LogP contribution is 2.38. The maximum absolute atomic E-state index is 13.2. The summed E-state index contributed by atoms with van der Waals surface area (Å²) in [6.45, 7) is 3.46. The Balaban J connectivity index is 1.69. The largest absolute Gasteiger partial charge is 0.465 e. The first-order valence-electron chi connectivity index (χ1n) is 9.72. The molecular formula is C22H21Cl2N3O3S. The molecule has 9 heteroatoms. The second-order valence-electron chi connectivity index (χ2n) is 7.35. The number of carbonyl (C=O) groups excluding carboxylic acids is 2. The Morgan fingerprint density at radius 3 is 2.52 bits per heavy atom. The van der Waals surface area contributed by atoms with E-state index in [1.807, 2.05) is 6.07 Å². The van der Waals surface area contributed by atoms with E-state index in [4.69, 9.17) is 27.9 Å². The highest BCUT2D eigenvalue weighted by atomic mass is 35.5. The number of nitrogens with zero attached hydrogens (tertiary/aromatic N) is 2. The molecule has 0 bridgehead atoms. The van der Waals surface area contributed by atoms with Crippen LogP contribution in [0.5, 0.6) is 0 Å². The Kier molecular flexibility index (Phi) is 6.39. The minimum Gasteiger partial charge on any atom is -0.465 e. The summed E-state index contributed by atoms with van der Waals surface area (Å²) in [5, 5.41) is 4.72. The number of methoxy groups -OCH3 is 1. The number of halogens is 2. The maximum atomic E-state index is 13.2. The summed E-state index contributed by atoms with van der Waals surface area (Å²) >= 11 is 13.9. The zero-order valence-corrected chi connectivity index (χ0v) is 19.4. The van der Waals surface area contributed by atoms with Crippen LogP contribution in [-0.2, 0) is 4.74 Å². The standard InChI is InChI=1S/C22H21Cl2N3O3S/c1-26-7-9-27(10-8-26)17-6-3-13(22(29)30-2)11-16(17)25-21(28)20-19(24)15-5-4-14(23)12-18(15)31-20/h3-6,11-12H,7-10H2,1-2H3,(H,25,28). The van der Waals surface area contributed by atoms with Crippen molar-refractivity contribution in [2.75, 3.05) is 50.6 Å². The smallest absolute Gasteiger partial charge is 0.337 e. The van der Waals surface area contributed by atoms with Crippen LogP contribution in [0.25, 0.3) is 10.1 Å². The molecule has 1 fully saturated rings. The van der Waals surface area contributed by atoms with Gasteiger partial charge in [0.05, 0.1) is 29.1 Å². The highest BCUT2D eigenvalue weighted by Gasteiger charge is 2.22. The summed E-state index contributed by atoms with van der Waals surface area (Å²) in [6, 6.07) is 10.5. The molecule has 6 nitrogen and oxygen atoms in total. The second-order valence-corrected chi connectivity index (χ2v) is 9.22. The summed E-state index contributed by atoms with van der Waals surface area (Å²) < 4.78 is 5.69. The predicted molar refractivity (Wildman–Crippen MR) is 127 cm³/mol. The van der Waals surface area contributed by atoms with Crippen LogP contribution >= 0.6 is 34.5 Å². The van der Waals surface area contributed by atoms with Crippen LogP contribution in [0.4, 0.5) is 11.4 Å². The van der Waals surface area contributed by atoms with E-state index in [0.29, 0.717) is 26.2 Å².